The van der Waals surface area contributed by atoms with E-state index in [4.69, 9.17) is 20.4 Å². The largest absolute Gasteiger partial charge is 0.481 e. The summed E-state index contributed by atoms with van der Waals surface area (Å²) in [6.45, 7) is 1.15. The van der Waals surface area contributed by atoms with Crippen molar-refractivity contribution in [3.8, 4) is 0 Å². The van der Waals surface area contributed by atoms with Gasteiger partial charge in [-0.25, -0.2) is 4.79 Å². The van der Waals surface area contributed by atoms with E-state index >= 15 is 0 Å². The molecule has 5 atom stereocenters. The summed E-state index contributed by atoms with van der Waals surface area (Å²) in [6, 6.07) is 0. The standard InChI is InChI=1S/C18H36O2.C10H20O9/c1-2-3-4-5-6-7-8-9-10-11-12-13-14-15-16-17-18(19)20;1-9(18,7(15)6(14)4-12)10(19,8(16)17)2-5(13)3-11/h2-17H2,1H3,(H,19,20);5-7,11-15,18-19H,2-4H2,1H3,(H,16,17). The maximum atomic E-state index is 11.1. The van der Waals surface area contributed by atoms with Crippen LogP contribution in [-0.2, 0) is 9.59 Å². The Morgan fingerprint density at radius 2 is 1.05 bits per heavy atom. The van der Waals surface area contributed by atoms with Gasteiger partial charge in [0.25, 0.3) is 0 Å². The van der Waals surface area contributed by atoms with Crippen molar-refractivity contribution in [1.82, 2.24) is 0 Å². The number of aliphatic hydroxyl groups is 7. The molecule has 39 heavy (non-hydrogen) atoms. The van der Waals surface area contributed by atoms with Crippen molar-refractivity contribution in [2.45, 2.75) is 153 Å². The lowest BCUT2D eigenvalue weighted by Crippen LogP contribution is -2.67. The second-order valence-corrected chi connectivity index (χ2v) is 10.6. The first-order chi connectivity index (χ1) is 18.3. The van der Waals surface area contributed by atoms with E-state index in [0.29, 0.717) is 6.42 Å². The molecule has 0 spiro atoms. The summed E-state index contributed by atoms with van der Waals surface area (Å²) in [5.41, 5.74) is -5.82. The minimum Gasteiger partial charge on any atom is -0.481 e. The Labute approximate surface area is 233 Å². The van der Waals surface area contributed by atoms with Crippen molar-refractivity contribution in [2.75, 3.05) is 13.2 Å². The molecule has 11 nitrogen and oxygen atoms in total. The molecule has 0 bridgehead atoms. The van der Waals surface area contributed by atoms with Gasteiger partial charge in [0, 0.05) is 12.8 Å². The Hall–Kier alpha value is -1.34. The molecule has 0 saturated heterocycles. The topological polar surface area (TPSA) is 216 Å². The molecule has 0 aromatic heterocycles. The van der Waals surface area contributed by atoms with Gasteiger partial charge in [0.05, 0.1) is 19.3 Å². The van der Waals surface area contributed by atoms with Crippen molar-refractivity contribution in [3.05, 3.63) is 0 Å². The van der Waals surface area contributed by atoms with Gasteiger partial charge in [-0.15, -0.1) is 0 Å². The van der Waals surface area contributed by atoms with Gasteiger partial charge in [0.15, 0.2) is 5.60 Å². The summed E-state index contributed by atoms with van der Waals surface area (Å²) in [6.07, 6.45) is 13.5. The summed E-state index contributed by atoms with van der Waals surface area (Å²) in [5, 5.41) is 82.7. The predicted octanol–water partition coefficient (Wildman–Crippen LogP) is 2.34. The van der Waals surface area contributed by atoms with E-state index in [-0.39, 0.29) is 0 Å². The Kier molecular flexibility index (Phi) is 23.9. The third kappa shape index (κ3) is 17.9. The number of hydrogen-bond donors (Lipinski definition) is 9. The lowest BCUT2D eigenvalue weighted by Gasteiger charge is -2.42. The molecule has 0 radical (unpaired) electrons. The number of aliphatic carboxylic acids is 2. The van der Waals surface area contributed by atoms with Crippen LogP contribution in [0.25, 0.3) is 0 Å². The van der Waals surface area contributed by atoms with E-state index in [2.05, 4.69) is 6.92 Å². The molecular formula is C28H56O11. The van der Waals surface area contributed by atoms with Gasteiger partial charge < -0.3 is 46.0 Å². The van der Waals surface area contributed by atoms with Crippen LogP contribution in [0.5, 0.6) is 0 Å². The molecule has 0 heterocycles. The molecule has 0 rings (SSSR count). The van der Waals surface area contributed by atoms with Crippen LogP contribution in [0.3, 0.4) is 0 Å². The second-order valence-electron chi connectivity index (χ2n) is 10.6. The minimum atomic E-state index is -3.04. The monoisotopic (exact) mass is 568 g/mol. The molecule has 11 heteroatoms. The number of rotatable bonds is 24. The molecule has 234 valence electrons. The van der Waals surface area contributed by atoms with Gasteiger partial charge in [-0.1, -0.05) is 96.8 Å². The maximum absolute atomic E-state index is 11.1. The fraction of sp³-hybridized carbons (Fsp3) is 0.929. The highest BCUT2D eigenvalue weighted by molar-refractivity contribution is 5.79. The van der Waals surface area contributed by atoms with Gasteiger partial charge in [-0.05, 0) is 13.3 Å². The number of carbonyl (C=O) groups is 2. The van der Waals surface area contributed by atoms with Crippen LogP contribution in [0.1, 0.15) is 123 Å². The first-order valence-corrected chi connectivity index (χ1v) is 14.5. The minimum absolute atomic E-state index is 0.345. The van der Waals surface area contributed by atoms with Crippen molar-refractivity contribution >= 4 is 11.9 Å². The lowest BCUT2D eigenvalue weighted by atomic mass is 9.75. The molecular weight excluding hydrogens is 512 g/mol. The Balaban J connectivity index is 0. The van der Waals surface area contributed by atoms with Crippen LogP contribution in [0, 0.1) is 0 Å². The van der Waals surface area contributed by atoms with Crippen LogP contribution in [0.15, 0.2) is 0 Å². The molecule has 0 saturated carbocycles. The van der Waals surface area contributed by atoms with Gasteiger partial charge in [0.2, 0.25) is 0 Å². The zero-order chi connectivity index (χ0) is 30.3. The van der Waals surface area contributed by atoms with Crippen LogP contribution in [0.2, 0.25) is 0 Å². The van der Waals surface area contributed by atoms with Crippen molar-refractivity contribution in [2.24, 2.45) is 0 Å². The third-order valence-corrected chi connectivity index (χ3v) is 7.05. The molecule has 0 fully saturated rings. The number of carboxylic acids is 2. The van der Waals surface area contributed by atoms with Gasteiger partial charge >= 0.3 is 11.9 Å². The SMILES string of the molecule is CC(O)(C(O)C(O)CO)C(O)(CC(O)CO)C(=O)O.CCCCCCCCCCCCCCCCCC(=O)O. The Morgan fingerprint density at radius 1 is 0.667 bits per heavy atom. The van der Waals surface area contributed by atoms with Crippen LogP contribution >= 0.6 is 0 Å². The molecule has 0 amide bonds. The van der Waals surface area contributed by atoms with Gasteiger partial charge in [-0.3, -0.25) is 4.79 Å². The normalized spacial score (nSPS) is 16.7. The quantitative estimate of drug-likeness (QED) is 0.0770. The fourth-order valence-electron chi connectivity index (χ4n) is 4.28. The van der Waals surface area contributed by atoms with Crippen LogP contribution in [-0.4, -0.2) is 101 Å². The fourth-order valence-corrected chi connectivity index (χ4v) is 4.28. The number of aliphatic hydroxyl groups excluding tert-OH is 5. The van der Waals surface area contributed by atoms with E-state index in [1.807, 2.05) is 0 Å². The lowest BCUT2D eigenvalue weighted by molar-refractivity contribution is -0.234. The van der Waals surface area contributed by atoms with Gasteiger partial charge in [0.1, 0.15) is 17.8 Å². The zero-order valence-electron chi connectivity index (χ0n) is 24.0. The molecule has 0 aliphatic heterocycles. The summed E-state index contributed by atoms with van der Waals surface area (Å²) < 4.78 is 0. The average Bonchev–Trinajstić information content (AvgIpc) is 2.89. The van der Waals surface area contributed by atoms with E-state index in [0.717, 1.165) is 19.8 Å². The molecule has 0 aromatic rings. The molecule has 0 aromatic carbocycles. The van der Waals surface area contributed by atoms with Crippen molar-refractivity contribution < 1.29 is 55.5 Å². The highest BCUT2D eigenvalue weighted by Gasteiger charge is 2.58. The highest BCUT2D eigenvalue weighted by atomic mass is 16.4. The maximum Gasteiger partial charge on any atom is 0.338 e. The van der Waals surface area contributed by atoms with E-state index in [9.17, 15) is 35.1 Å². The number of unbranched alkanes of at least 4 members (excludes halogenated alkanes) is 14. The van der Waals surface area contributed by atoms with Gasteiger partial charge in [-0.2, -0.15) is 0 Å². The summed E-state index contributed by atoms with van der Waals surface area (Å²) in [5.74, 6) is -2.62. The van der Waals surface area contributed by atoms with E-state index in [1.165, 1.54) is 83.5 Å². The van der Waals surface area contributed by atoms with Crippen molar-refractivity contribution in [3.63, 3.8) is 0 Å². The number of hydrogen-bond acceptors (Lipinski definition) is 9. The summed E-state index contributed by atoms with van der Waals surface area (Å²) in [4.78, 5) is 21.4. The average molecular weight is 569 g/mol. The first kappa shape index (κ1) is 39.8. The predicted molar refractivity (Wildman–Crippen MR) is 147 cm³/mol. The summed E-state index contributed by atoms with van der Waals surface area (Å²) in [7, 11) is 0. The Bertz CT molecular complexity index is 614. The van der Waals surface area contributed by atoms with E-state index < -0.39 is 61.1 Å². The first-order valence-electron chi connectivity index (χ1n) is 14.5. The molecule has 9 N–H and O–H groups in total. The third-order valence-electron chi connectivity index (χ3n) is 7.05. The molecule has 0 aliphatic carbocycles. The van der Waals surface area contributed by atoms with Crippen molar-refractivity contribution in [1.29, 1.82) is 0 Å². The summed E-state index contributed by atoms with van der Waals surface area (Å²) >= 11 is 0. The van der Waals surface area contributed by atoms with Crippen LogP contribution in [0.4, 0.5) is 0 Å². The molecule has 0 aliphatic rings. The Morgan fingerprint density at radius 3 is 1.36 bits per heavy atom. The van der Waals surface area contributed by atoms with E-state index in [1.54, 1.807) is 0 Å². The molecule has 5 unspecified atom stereocenters. The highest BCUT2D eigenvalue weighted by Crippen LogP contribution is 2.32. The second kappa shape index (κ2) is 23.4. The van der Waals surface area contributed by atoms with Crippen LogP contribution < -0.4 is 0 Å². The smallest absolute Gasteiger partial charge is 0.338 e. The zero-order valence-corrected chi connectivity index (χ0v) is 24.0. The number of carboxylic acid groups (broad SMARTS) is 2.